The number of rotatable bonds is 4. The molecule has 2 unspecified atom stereocenters. The van der Waals surface area contributed by atoms with Gasteiger partial charge in [-0.3, -0.25) is 4.79 Å². The summed E-state index contributed by atoms with van der Waals surface area (Å²) in [6, 6.07) is 7.56. The average molecular weight is 245 g/mol. The molecule has 2 saturated carbocycles. The Hall–Kier alpha value is -1.35. The predicted molar refractivity (Wildman–Crippen MR) is 69.7 cm³/mol. The van der Waals surface area contributed by atoms with E-state index in [2.05, 4.69) is 0 Å². The van der Waals surface area contributed by atoms with Crippen LogP contribution in [0.25, 0.3) is 0 Å². The van der Waals surface area contributed by atoms with Crippen molar-refractivity contribution in [1.82, 2.24) is 0 Å². The third-order valence-corrected chi connectivity index (χ3v) is 3.87. The SMILES string of the molecule is NC1CCCC1C(=O)c1ccc(OC2CC2)cc1. The van der Waals surface area contributed by atoms with Crippen molar-refractivity contribution in [2.24, 2.45) is 11.7 Å². The van der Waals surface area contributed by atoms with Gasteiger partial charge in [0.05, 0.1) is 6.10 Å². The number of carbonyl (C=O) groups excluding carboxylic acids is 1. The van der Waals surface area contributed by atoms with E-state index >= 15 is 0 Å². The molecule has 96 valence electrons. The summed E-state index contributed by atoms with van der Waals surface area (Å²) in [7, 11) is 0. The van der Waals surface area contributed by atoms with Crippen molar-refractivity contribution in [3.05, 3.63) is 29.8 Å². The molecule has 0 bridgehead atoms. The third kappa shape index (κ3) is 2.41. The molecule has 1 aromatic carbocycles. The molecule has 0 aliphatic heterocycles. The molecule has 0 amide bonds. The Labute approximate surface area is 107 Å². The summed E-state index contributed by atoms with van der Waals surface area (Å²) < 4.78 is 5.67. The molecule has 0 aromatic heterocycles. The highest BCUT2D eigenvalue weighted by Gasteiger charge is 2.30. The van der Waals surface area contributed by atoms with E-state index in [4.69, 9.17) is 10.5 Å². The first-order chi connectivity index (χ1) is 8.74. The summed E-state index contributed by atoms with van der Waals surface area (Å²) >= 11 is 0. The monoisotopic (exact) mass is 245 g/mol. The van der Waals surface area contributed by atoms with Gasteiger partial charge in [0.2, 0.25) is 0 Å². The normalized spacial score (nSPS) is 27.2. The summed E-state index contributed by atoms with van der Waals surface area (Å²) in [5, 5.41) is 0. The van der Waals surface area contributed by atoms with E-state index in [0.29, 0.717) is 6.10 Å². The lowest BCUT2D eigenvalue weighted by Gasteiger charge is -2.14. The van der Waals surface area contributed by atoms with E-state index in [1.54, 1.807) is 0 Å². The highest BCUT2D eigenvalue weighted by atomic mass is 16.5. The number of hydrogen-bond acceptors (Lipinski definition) is 3. The summed E-state index contributed by atoms with van der Waals surface area (Å²) in [5.74, 6) is 1.07. The number of hydrogen-bond donors (Lipinski definition) is 1. The molecule has 2 aliphatic rings. The molecule has 3 heteroatoms. The Morgan fingerprint density at radius 3 is 2.39 bits per heavy atom. The lowest BCUT2D eigenvalue weighted by molar-refractivity contribution is 0.0913. The third-order valence-electron chi connectivity index (χ3n) is 3.87. The minimum absolute atomic E-state index is 0.0141. The maximum absolute atomic E-state index is 12.3. The Bertz CT molecular complexity index is 436. The number of carbonyl (C=O) groups is 1. The Morgan fingerprint density at radius 1 is 1.11 bits per heavy atom. The Balaban J connectivity index is 1.69. The fourth-order valence-corrected chi connectivity index (χ4v) is 2.60. The molecule has 3 nitrogen and oxygen atoms in total. The molecule has 2 fully saturated rings. The van der Waals surface area contributed by atoms with Gasteiger partial charge in [0.1, 0.15) is 5.75 Å². The fraction of sp³-hybridized carbons (Fsp3) is 0.533. The fourth-order valence-electron chi connectivity index (χ4n) is 2.60. The number of benzene rings is 1. The van der Waals surface area contributed by atoms with Crippen molar-refractivity contribution < 1.29 is 9.53 Å². The van der Waals surface area contributed by atoms with Gasteiger partial charge in [-0.15, -0.1) is 0 Å². The van der Waals surface area contributed by atoms with Crippen molar-refractivity contribution in [2.75, 3.05) is 0 Å². The van der Waals surface area contributed by atoms with Crippen molar-refractivity contribution in [3.8, 4) is 5.75 Å². The van der Waals surface area contributed by atoms with Crippen molar-refractivity contribution in [3.63, 3.8) is 0 Å². The van der Waals surface area contributed by atoms with Crippen LogP contribution in [-0.4, -0.2) is 17.9 Å². The molecular weight excluding hydrogens is 226 g/mol. The van der Waals surface area contributed by atoms with Crippen LogP contribution in [0.1, 0.15) is 42.5 Å². The van der Waals surface area contributed by atoms with Crippen LogP contribution in [0.2, 0.25) is 0 Å². The van der Waals surface area contributed by atoms with E-state index < -0.39 is 0 Å². The highest BCUT2D eigenvalue weighted by Crippen LogP contribution is 2.29. The zero-order valence-electron chi connectivity index (χ0n) is 10.5. The van der Waals surface area contributed by atoms with Gasteiger partial charge in [-0.2, -0.15) is 0 Å². The lowest BCUT2D eigenvalue weighted by Crippen LogP contribution is -2.30. The maximum Gasteiger partial charge on any atom is 0.167 e. The molecule has 1 aromatic rings. The summed E-state index contributed by atoms with van der Waals surface area (Å²) in [6.45, 7) is 0. The first kappa shape index (κ1) is 11.7. The van der Waals surface area contributed by atoms with E-state index in [-0.39, 0.29) is 17.7 Å². The number of Topliss-reactive ketones (excluding diaryl/α,β-unsaturated/α-hetero) is 1. The van der Waals surface area contributed by atoms with Crippen molar-refractivity contribution in [2.45, 2.75) is 44.2 Å². The van der Waals surface area contributed by atoms with E-state index in [1.165, 1.54) is 0 Å². The minimum Gasteiger partial charge on any atom is -0.490 e. The van der Waals surface area contributed by atoms with Gasteiger partial charge in [0.15, 0.2) is 5.78 Å². The van der Waals surface area contributed by atoms with Gasteiger partial charge in [-0.1, -0.05) is 6.42 Å². The highest BCUT2D eigenvalue weighted by molar-refractivity contribution is 5.98. The quantitative estimate of drug-likeness (QED) is 0.829. The van der Waals surface area contributed by atoms with E-state index in [9.17, 15) is 4.79 Å². The van der Waals surface area contributed by atoms with Gasteiger partial charge in [-0.25, -0.2) is 0 Å². The van der Waals surface area contributed by atoms with Crippen LogP contribution in [0.3, 0.4) is 0 Å². The zero-order chi connectivity index (χ0) is 12.5. The van der Waals surface area contributed by atoms with Crippen LogP contribution in [0.15, 0.2) is 24.3 Å². The van der Waals surface area contributed by atoms with Gasteiger partial charge in [0, 0.05) is 17.5 Å². The van der Waals surface area contributed by atoms with E-state index in [1.807, 2.05) is 24.3 Å². The predicted octanol–water partition coefficient (Wildman–Crippen LogP) is 2.54. The second-order valence-corrected chi connectivity index (χ2v) is 5.41. The molecule has 0 radical (unpaired) electrons. The molecule has 3 rings (SSSR count). The molecule has 0 heterocycles. The molecule has 2 atom stereocenters. The number of ketones is 1. The first-order valence-electron chi connectivity index (χ1n) is 6.80. The summed E-state index contributed by atoms with van der Waals surface area (Å²) in [6.07, 6.45) is 5.67. The molecule has 2 N–H and O–H groups in total. The van der Waals surface area contributed by atoms with Crippen LogP contribution in [0, 0.1) is 5.92 Å². The number of nitrogens with two attached hydrogens (primary N) is 1. The maximum atomic E-state index is 12.3. The molecular formula is C15H19NO2. The number of ether oxygens (including phenoxy) is 1. The largest absolute Gasteiger partial charge is 0.490 e. The smallest absolute Gasteiger partial charge is 0.167 e. The van der Waals surface area contributed by atoms with Crippen LogP contribution >= 0.6 is 0 Å². The average Bonchev–Trinajstić information content (AvgIpc) is 3.09. The van der Waals surface area contributed by atoms with Gasteiger partial charge < -0.3 is 10.5 Å². The second-order valence-electron chi connectivity index (χ2n) is 5.41. The molecule has 18 heavy (non-hydrogen) atoms. The Kier molecular flexibility index (Phi) is 3.08. The minimum atomic E-state index is 0.0141. The van der Waals surface area contributed by atoms with Crippen molar-refractivity contribution in [1.29, 1.82) is 0 Å². The molecule has 2 aliphatic carbocycles. The first-order valence-corrected chi connectivity index (χ1v) is 6.80. The van der Waals surface area contributed by atoms with E-state index in [0.717, 1.165) is 43.4 Å². The van der Waals surface area contributed by atoms with Crippen molar-refractivity contribution >= 4 is 5.78 Å². The van der Waals surface area contributed by atoms with Crippen LogP contribution in [0.4, 0.5) is 0 Å². The van der Waals surface area contributed by atoms with Crippen LogP contribution < -0.4 is 10.5 Å². The molecule has 0 spiro atoms. The second kappa shape index (κ2) is 4.73. The van der Waals surface area contributed by atoms with Gasteiger partial charge >= 0.3 is 0 Å². The van der Waals surface area contributed by atoms with Gasteiger partial charge in [-0.05, 0) is 49.9 Å². The Morgan fingerprint density at radius 2 is 1.83 bits per heavy atom. The van der Waals surface area contributed by atoms with Gasteiger partial charge in [0.25, 0.3) is 0 Å². The van der Waals surface area contributed by atoms with Crippen LogP contribution in [0.5, 0.6) is 5.75 Å². The van der Waals surface area contributed by atoms with Crippen LogP contribution in [-0.2, 0) is 0 Å². The summed E-state index contributed by atoms with van der Waals surface area (Å²) in [4.78, 5) is 12.3. The lowest BCUT2D eigenvalue weighted by atomic mass is 9.93. The zero-order valence-corrected chi connectivity index (χ0v) is 10.5. The summed E-state index contributed by atoms with van der Waals surface area (Å²) in [5.41, 5.74) is 6.74. The standard InChI is InChI=1S/C15H19NO2/c16-14-3-1-2-13(14)15(17)10-4-6-11(7-5-10)18-12-8-9-12/h4-7,12-14H,1-3,8-9,16H2. The molecule has 0 saturated heterocycles. The topological polar surface area (TPSA) is 52.3 Å².